The van der Waals surface area contributed by atoms with Gasteiger partial charge in [-0.2, -0.15) is 0 Å². The Morgan fingerprint density at radius 2 is 2.07 bits per heavy atom. The van der Waals surface area contributed by atoms with Crippen molar-refractivity contribution in [1.29, 1.82) is 0 Å². The molecular weight excluding hydrogens is 371 g/mol. The van der Waals surface area contributed by atoms with Gasteiger partial charge < -0.3 is 9.52 Å². The standard InChI is InChI=1S/C19H13FN2O4S/c20-13-5-2-1-4-11(13)8-15-21-18-17(19(25)22(15)9-16(23)24)12(10-27-18)14-6-3-7-26-14/h1-7,10H,8-9H2,(H,23,24). The Bertz CT molecular complexity index is 1190. The summed E-state index contributed by atoms with van der Waals surface area (Å²) < 4.78 is 20.5. The van der Waals surface area contributed by atoms with Crippen LogP contribution >= 0.6 is 11.3 Å². The minimum atomic E-state index is -1.18. The van der Waals surface area contributed by atoms with Gasteiger partial charge in [-0.15, -0.1) is 11.3 Å². The largest absolute Gasteiger partial charge is 0.480 e. The van der Waals surface area contributed by atoms with Crippen molar-refractivity contribution in [3.8, 4) is 11.3 Å². The van der Waals surface area contributed by atoms with Gasteiger partial charge in [-0.05, 0) is 23.8 Å². The van der Waals surface area contributed by atoms with E-state index in [-0.39, 0.29) is 12.2 Å². The Balaban J connectivity index is 1.92. The van der Waals surface area contributed by atoms with Crippen molar-refractivity contribution in [2.45, 2.75) is 13.0 Å². The second-order valence-electron chi connectivity index (χ2n) is 5.89. The van der Waals surface area contributed by atoms with Crippen LogP contribution in [-0.4, -0.2) is 20.6 Å². The summed E-state index contributed by atoms with van der Waals surface area (Å²) >= 11 is 1.26. The number of fused-ring (bicyclic) bond motifs is 1. The number of halogens is 1. The van der Waals surface area contributed by atoms with Crippen molar-refractivity contribution >= 4 is 27.5 Å². The molecule has 0 aliphatic rings. The normalized spacial score (nSPS) is 11.1. The van der Waals surface area contributed by atoms with Crippen molar-refractivity contribution in [2.24, 2.45) is 0 Å². The van der Waals surface area contributed by atoms with Crippen LogP contribution in [0, 0.1) is 5.82 Å². The lowest BCUT2D eigenvalue weighted by molar-refractivity contribution is -0.137. The van der Waals surface area contributed by atoms with E-state index in [9.17, 15) is 19.1 Å². The fourth-order valence-electron chi connectivity index (χ4n) is 2.92. The Morgan fingerprint density at radius 3 is 2.78 bits per heavy atom. The number of aromatic nitrogens is 2. The zero-order valence-electron chi connectivity index (χ0n) is 13.9. The maximum Gasteiger partial charge on any atom is 0.323 e. The van der Waals surface area contributed by atoms with Gasteiger partial charge in [-0.1, -0.05) is 18.2 Å². The first-order chi connectivity index (χ1) is 13.0. The number of rotatable bonds is 5. The Morgan fingerprint density at radius 1 is 1.26 bits per heavy atom. The average molecular weight is 384 g/mol. The van der Waals surface area contributed by atoms with Crippen LogP contribution in [0.3, 0.4) is 0 Å². The highest BCUT2D eigenvalue weighted by molar-refractivity contribution is 7.17. The van der Waals surface area contributed by atoms with E-state index in [0.717, 1.165) is 4.57 Å². The quantitative estimate of drug-likeness (QED) is 0.569. The highest BCUT2D eigenvalue weighted by atomic mass is 32.1. The predicted octanol–water partition coefficient (Wildman–Crippen LogP) is 3.53. The van der Waals surface area contributed by atoms with Gasteiger partial charge in [0.25, 0.3) is 5.56 Å². The molecule has 0 atom stereocenters. The molecule has 0 saturated carbocycles. The highest BCUT2D eigenvalue weighted by Gasteiger charge is 2.20. The van der Waals surface area contributed by atoms with Crippen LogP contribution in [0.25, 0.3) is 21.5 Å². The number of hydrogen-bond donors (Lipinski definition) is 1. The number of furan rings is 1. The zero-order chi connectivity index (χ0) is 19.0. The number of carboxylic acid groups (broad SMARTS) is 1. The number of aliphatic carboxylic acids is 1. The van der Waals surface area contributed by atoms with E-state index in [1.165, 1.54) is 23.7 Å². The van der Waals surface area contributed by atoms with Crippen molar-refractivity contribution < 1.29 is 18.7 Å². The van der Waals surface area contributed by atoms with Crippen molar-refractivity contribution in [3.05, 3.63) is 75.6 Å². The van der Waals surface area contributed by atoms with Crippen LogP contribution in [0.4, 0.5) is 4.39 Å². The summed E-state index contributed by atoms with van der Waals surface area (Å²) in [7, 11) is 0. The topological polar surface area (TPSA) is 85.3 Å². The van der Waals surface area contributed by atoms with Gasteiger partial charge in [0, 0.05) is 17.4 Å². The SMILES string of the molecule is O=C(O)Cn1c(Cc2ccccc2F)nc2scc(-c3ccco3)c2c1=O. The number of carboxylic acids is 1. The Kier molecular flexibility index (Phi) is 4.33. The van der Waals surface area contributed by atoms with Crippen molar-refractivity contribution in [2.75, 3.05) is 0 Å². The first-order valence-electron chi connectivity index (χ1n) is 8.04. The van der Waals surface area contributed by atoms with E-state index in [1.54, 1.807) is 35.7 Å². The molecule has 1 aromatic carbocycles. The monoisotopic (exact) mass is 384 g/mol. The summed E-state index contributed by atoms with van der Waals surface area (Å²) in [6.45, 7) is -0.557. The van der Waals surface area contributed by atoms with Crippen LogP contribution in [-0.2, 0) is 17.8 Å². The molecule has 6 nitrogen and oxygen atoms in total. The van der Waals surface area contributed by atoms with E-state index in [2.05, 4.69) is 4.98 Å². The molecule has 136 valence electrons. The molecule has 4 rings (SSSR count). The second-order valence-corrected chi connectivity index (χ2v) is 6.75. The van der Waals surface area contributed by atoms with E-state index in [4.69, 9.17) is 4.42 Å². The van der Waals surface area contributed by atoms with Gasteiger partial charge in [0.1, 0.15) is 28.8 Å². The molecule has 0 fully saturated rings. The van der Waals surface area contributed by atoms with Crippen LogP contribution in [0.15, 0.2) is 57.3 Å². The first kappa shape index (κ1) is 17.2. The summed E-state index contributed by atoms with van der Waals surface area (Å²) in [6.07, 6.45) is 1.51. The average Bonchev–Trinajstić information content (AvgIpc) is 3.29. The van der Waals surface area contributed by atoms with Gasteiger partial charge in [0.2, 0.25) is 0 Å². The van der Waals surface area contributed by atoms with Crippen LogP contribution < -0.4 is 5.56 Å². The van der Waals surface area contributed by atoms with Gasteiger partial charge in [0.15, 0.2) is 0 Å². The molecule has 3 aromatic heterocycles. The Hall–Kier alpha value is -3.26. The summed E-state index contributed by atoms with van der Waals surface area (Å²) in [4.78, 5) is 29.3. The molecule has 8 heteroatoms. The minimum Gasteiger partial charge on any atom is -0.480 e. The number of nitrogens with zero attached hydrogens (tertiary/aromatic N) is 2. The van der Waals surface area contributed by atoms with Gasteiger partial charge in [-0.3, -0.25) is 14.2 Å². The zero-order valence-corrected chi connectivity index (χ0v) is 14.7. The van der Waals surface area contributed by atoms with Crippen molar-refractivity contribution in [3.63, 3.8) is 0 Å². The maximum absolute atomic E-state index is 14.0. The number of hydrogen-bond acceptors (Lipinski definition) is 5. The molecular formula is C19H13FN2O4S. The molecule has 0 saturated heterocycles. The molecule has 0 aliphatic carbocycles. The molecule has 1 N–H and O–H groups in total. The third-order valence-corrected chi connectivity index (χ3v) is 5.03. The summed E-state index contributed by atoms with van der Waals surface area (Å²) in [5, 5.41) is 11.3. The smallest absolute Gasteiger partial charge is 0.323 e. The highest BCUT2D eigenvalue weighted by Crippen LogP contribution is 2.31. The molecule has 0 amide bonds. The molecule has 0 unspecified atom stereocenters. The fraction of sp³-hybridized carbons (Fsp3) is 0.105. The van der Waals surface area contributed by atoms with E-state index in [1.807, 2.05) is 0 Å². The number of thiophene rings is 1. The Labute approximate surface area is 156 Å². The van der Waals surface area contributed by atoms with Crippen LogP contribution in [0.1, 0.15) is 11.4 Å². The molecule has 0 spiro atoms. The molecule has 0 bridgehead atoms. The second kappa shape index (κ2) is 6.81. The molecule has 0 radical (unpaired) electrons. The molecule has 3 heterocycles. The lowest BCUT2D eigenvalue weighted by Gasteiger charge is -2.11. The summed E-state index contributed by atoms with van der Waals surface area (Å²) in [5.74, 6) is -0.907. The predicted molar refractivity (Wildman–Crippen MR) is 98.4 cm³/mol. The van der Waals surface area contributed by atoms with Crippen LogP contribution in [0.2, 0.25) is 0 Å². The van der Waals surface area contributed by atoms with E-state index >= 15 is 0 Å². The third-order valence-electron chi connectivity index (χ3n) is 4.16. The lowest BCUT2D eigenvalue weighted by Crippen LogP contribution is -2.28. The summed E-state index contributed by atoms with van der Waals surface area (Å²) in [6, 6.07) is 9.56. The van der Waals surface area contributed by atoms with Crippen LogP contribution in [0.5, 0.6) is 0 Å². The van der Waals surface area contributed by atoms with E-state index < -0.39 is 23.9 Å². The third kappa shape index (κ3) is 3.15. The fourth-order valence-corrected chi connectivity index (χ4v) is 3.86. The van der Waals surface area contributed by atoms with Crippen molar-refractivity contribution in [1.82, 2.24) is 9.55 Å². The van der Waals surface area contributed by atoms with Gasteiger partial charge in [-0.25, -0.2) is 9.37 Å². The van der Waals surface area contributed by atoms with E-state index in [0.29, 0.717) is 27.1 Å². The van der Waals surface area contributed by atoms with Gasteiger partial charge in [0.05, 0.1) is 11.6 Å². The minimum absolute atomic E-state index is 0.0130. The number of benzene rings is 1. The lowest BCUT2D eigenvalue weighted by atomic mass is 10.1. The maximum atomic E-state index is 14.0. The molecule has 4 aromatic rings. The summed E-state index contributed by atoms with van der Waals surface area (Å²) in [5.41, 5.74) is 0.418. The number of carbonyl (C=O) groups is 1. The van der Waals surface area contributed by atoms with Gasteiger partial charge >= 0.3 is 5.97 Å². The molecule has 0 aliphatic heterocycles. The first-order valence-corrected chi connectivity index (χ1v) is 8.92. The molecule has 27 heavy (non-hydrogen) atoms.